The van der Waals surface area contributed by atoms with E-state index in [9.17, 15) is 50.8 Å². The molecule has 7 fully saturated rings. The van der Waals surface area contributed by atoms with Gasteiger partial charge in [-0.1, -0.05) is 53.2 Å². The Morgan fingerprint density at radius 2 is 1.40 bits per heavy atom. The van der Waals surface area contributed by atoms with Crippen LogP contribution in [-0.2, 0) is 38.0 Å². The second kappa shape index (κ2) is 17.8. The highest BCUT2D eigenvalue weighted by molar-refractivity contribution is 5.78. The van der Waals surface area contributed by atoms with Crippen molar-refractivity contribution in [2.75, 3.05) is 26.9 Å². The highest BCUT2D eigenvalue weighted by Crippen LogP contribution is 2.76. The fourth-order valence-electron chi connectivity index (χ4n) is 15.0. The summed E-state index contributed by atoms with van der Waals surface area (Å²) in [5.41, 5.74) is -0.101. The topological polar surface area (TPSA) is 264 Å². The van der Waals surface area contributed by atoms with Crippen LogP contribution in [-0.4, -0.2) is 171 Å². The monoisotopic (exact) mass is 927 g/mol. The van der Waals surface area contributed by atoms with Crippen molar-refractivity contribution in [2.45, 2.75) is 205 Å². The van der Waals surface area contributed by atoms with E-state index in [0.29, 0.717) is 6.42 Å². The second-order valence-electron chi connectivity index (χ2n) is 23.0. The van der Waals surface area contributed by atoms with Gasteiger partial charge in [0.15, 0.2) is 18.9 Å². The van der Waals surface area contributed by atoms with Gasteiger partial charge in [-0.3, -0.25) is 4.79 Å². The minimum Gasteiger partial charge on any atom is -0.469 e. The maximum absolute atomic E-state index is 13.7. The number of esters is 1. The van der Waals surface area contributed by atoms with E-state index < -0.39 is 110 Å². The SMILES string of the molecule is COC(=O)[C@]12CCC(C)(C)C[C@H]1C1=CC[C@@H]3[C@@]4(C)CC[C@H](O[C@@H]5OC[C@H](O)[C@H](O)[C@H]5O[C@@H]5O[C@@H](C)[C@H](O)[C@@H](O[C@@H]6O[C@H](CO)[C@@H](O)[C@H](O)[C@H]6O)[C@H]5O)[C@@](C)(CO)[C@@H]4CC[C@@]3(C)[C@]1(C)CC2. The molecule has 0 aromatic heterocycles. The minimum absolute atomic E-state index is 0.0337. The van der Waals surface area contributed by atoms with E-state index in [4.69, 9.17) is 33.2 Å². The molecule has 0 radical (unpaired) electrons. The Hall–Kier alpha value is -1.39. The lowest BCUT2D eigenvalue weighted by Gasteiger charge is -2.71. The molecule has 0 amide bonds. The van der Waals surface area contributed by atoms with Gasteiger partial charge in [0.1, 0.15) is 61.0 Å². The number of allylic oxidation sites excluding steroid dienone is 2. The van der Waals surface area contributed by atoms with E-state index >= 15 is 0 Å². The number of rotatable bonds is 9. The van der Waals surface area contributed by atoms with Crippen molar-refractivity contribution in [1.82, 2.24) is 0 Å². The van der Waals surface area contributed by atoms with Crippen molar-refractivity contribution in [2.24, 2.45) is 50.2 Å². The van der Waals surface area contributed by atoms with Crippen molar-refractivity contribution in [1.29, 1.82) is 0 Å². The van der Waals surface area contributed by atoms with Gasteiger partial charge in [-0.25, -0.2) is 0 Å². The van der Waals surface area contributed by atoms with E-state index in [2.05, 4.69) is 47.6 Å². The summed E-state index contributed by atoms with van der Waals surface area (Å²) in [6, 6.07) is 0. The molecule has 3 saturated heterocycles. The van der Waals surface area contributed by atoms with Crippen LogP contribution in [0.1, 0.15) is 113 Å². The Labute approximate surface area is 382 Å². The fourth-order valence-corrected chi connectivity index (χ4v) is 15.0. The number of hydrogen-bond acceptors (Lipinski definition) is 17. The lowest BCUT2D eigenvalue weighted by Crippen LogP contribution is -2.67. The number of fused-ring (bicyclic) bond motifs is 7. The molecular weight excluding hydrogens is 849 g/mol. The number of aliphatic hydroxyl groups is 9. The third-order valence-electron chi connectivity index (χ3n) is 19.3. The van der Waals surface area contributed by atoms with Crippen LogP contribution in [0, 0.1) is 50.2 Å². The van der Waals surface area contributed by atoms with E-state index in [0.717, 1.165) is 57.8 Å². The zero-order valence-electron chi connectivity index (χ0n) is 39.5. The van der Waals surface area contributed by atoms with Gasteiger partial charge in [-0.05, 0) is 111 Å². The van der Waals surface area contributed by atoms with Gasteiger partial charge in [0.2, 0.25) is 0 Å². The molecule has 8 rings (SSSR count). The standard InChI is InChI=1S/C48H78O17/c1-23-31(52)37(64-39-35(56)34(55)33(54)27(20-49)62-39)36(57)40(61-23)65-38-32(53)26(51)21-60-41(38)63-30-12-13-44(4)28(45(30,5)22-50)11-14-47(7)29(44)10-9-24-25-19-43(2,3)15-17-48(25,42(58)59-8)18-16-46(24,47)6/h9,23,25-41,49-57H,10-22H2,1-8H3/t23-,25-,26-,27+,28+,29+,30-,31-,32-,33+,34-,35+,36+,37+,38+,39-,40-,41-,44-,45-,46+,47+,48-/m0/s1. The van der Waals surface area contributed by atoms with Gasteiger partial charge in [-0.15, -0.1) is 0 Å². The van der Waals surface area contributed by atoms with Gasteiger partial charge in [0.05, 0.1) is 44.6 Å². The largest absolute Gasteiger partial charge is 0.469 e. The molecule has 0 unspecified atom stereocenters. The van der Waals surface area contributed by atoms with Crippen LogP contribution < -0.4 is 0 Å². The van der Waals surface area contributed by atoms with Crippen molar-refractivity contribution in [3.8, 4) is 0 Å². The average molecular weight is 927 g/mol. The maximum atomic E-state index is 13.7. The first-order valence-corrected chi connectivity index (χ1v) is 24.1. The first-order chi connectivity index (χ1) is 30.5. The quantitative estimate of drug-likeness (QED) is 0.0900. The lowest BCUT2D eigenvalue weighted by atomic mass is 9.33. The second-order valence-corrected chi connectivity index (χ2v) is 23.0. The lowest BCUT2D eigenvalue weighted by molar-refractivity contribution is -0.383. The highest BCUT2D eigenvalue weighted by Gasteiger charge is 2.70. The molecule has 4 saturated carbocycles. The van der Waals surface area contributed by atoms with Crippen LogP contribution >= 0.6 is 0 Å². The smallest absolute Gasteiger partial charge is 0.312 e. The molecule has 0 aromatic carbocycles. The van der Waals surface area contributed by atoms with Gasteiger partial charge < -0.3 is 79.1 Å². The summed E-state index contributed by atoms with van der Waals surface area (Å²) < 4.78 is 41.8. The van der Waals surface area contributed by atoms with E-state index in [1.165, 1.54) is 19.6 Å². The van der Waals surface area contributed by atoms with Crippen LogP contribution in [0.15, 0.2) is 11.6 Å². The molecule has 5 aliphatic carbocycles. The number of carbonyl (C=O) groups excluding carboxylic acids is 1. The third kappa shape index (κ3) is 7.81. The van der Waals surface area contributed by atoms with Crippen molar-refractivity contribution < 1.29 is 83.9 Å². The van der Waals surface area contributed by atoms with Crippen LogP contribution in [0.25, 0.3) is 0 Å². The van der Waals surface area contributed by atoms with Crippen LogP contribution in [0.2, 0.25) is 0 Å². The van der Waals surface area contributed by atoms with E-state index in [1.54, 1.807) is 0 Å². The molecule has 8 aliphatic rings. The first-order valence-electron chi connectivity index (χ1n) is 24.1. The Morgan fingerprint density at radius 3 is 2.08 bits per heavy atom. The summed E-state index contributed by atoms with van der Waals surface area (Å²) >= 11 is 0. The first kappa shape index (κ1) is 50.0. The molecule has 372 valence electrons. The van der Waals surface area contributed by atoms with Crippen LogP contribution in [0.5, 0.6) is 0 Å². The van der Waals surface area contributed by atoms with Gasteiger partial charge in [-0.2, -0.15) is 0 Å². The zero-order chi connectivity index (χ0) is 47.4. The molecule has 3 aliphatic heterocycles. The van der Waals surface area contributed by atoms with Crippen molar-refractivity contribution in [3.05, 3.63) is 11.6 Å². The molecule has 17 nitrogen and oxygen atoms in total. The number of ether oxygens (including phenoxy) is 7. The summed E-state index contributed by atoms with van der Waals surface area (Å²) in [5, 5.41) is 97.3. The summed E-state index contributed by atoms with van der Waals surface area (Å²) in [5.74, 6) is 0.377. The van der Waals surface area contributed by atoms with Crippen molar-refractivity contribution >= 4 is 5.97 Å². The van der Waals surface area contributed by atoms with Crippen LogP contribution in [0.4, 0.5) is 0 Å². The predicted octanol–water partition coefficient (Wildman–Crippen LogP) is 1.43. The maximum Gasteiger partial charge on any atom is 0.312 e. The molecular formula is C48H78O17. The Balaban J connectivity index is 1.02. The third-order valence-corrected chi connectivity index (χ3v) is 19.3. The molecule has 17 heteroatoms. The Kier molecular flexibility index (Phi) is 13.7. The molecule has 0 bridgehead atoms. The van der Waals surface area contributed by atoms with Gasteiger partial charge in [0, 0.05) is 5.41 Å². The molecule has 9 N–H and O–H groups in total. The zero-order valence-corrected chi connectivity index (χ0v) is 39.5. The van der Waals surface area contributed by atoms with Gasteiger partial charge in [0.25, 0.3) is 0 Å². The summed E-state index contributed by atoms with van der Waals surface area (Å²) in [4.78, 5) is 13.7. The number of methoxy groups -OCH3 is 1. The summed E-state index contributed by atoms with van der Waals surface area (Å²) in [6.45, 7) is 14.3. The number of hydrogen-bond donors (Lipinski definition) is 9. The predicted molar refractivity (Wildman–Crippen MR) is 229 cm³/mol. The van der Waals surface area contributed by atoms with E-state index in [-0.39, 0.29) is 58.6 Å². The normalized spacial score (nSPS) is 54.3. The molecule has 3 heterocycles. The number of aliphatic hydroxyl groups excluding tert-OH is 9. The highest BCUT2D eigenvalue weighted by atomic mass is 16.8. The van der Waals surface area contributed by atoms with Crippen molar-refractivity contribution in [3.63, 3.8) is 0 Å². The Bertz CT molecular complexity index is 1760. The molecule has 0 spiro atoms. The van der Waals surface area contributed by atoms with Crippen LogP contribution in [0.3, 0.4) is 0 Å². The minimum atomic E-state index is -1.82. The molecule has 65 heavy (non-hydrogen) atoms. The number of carbonyl (C=O) groups is 1. The fraction of sp³-hybridized carbons (Fsp3) is 0.938. The average Bonchev–Trinajstić information content (AvgIpc) is 3.27. The molecule has 0 aromatic rings. The van der Waals surface area contributed by atoms with E-state index in [1.807, 2.05) is 0 Å². The summed E-state index contributed by atoms with van der Waals surface area (Å²) in [7, 11) is 1.53. The molecule has 23 atom stereocenters. The summed E-state index contributed by atoms with van der Waals surface area (Å²) in [6.07, 6.45) is -11.1. The Morgan fingerprint density at radius 1 is 0.723 bits per heavy atom. The van der Waals surface area contributed by atoms with Gasteiger partial charge >= 0.3 is 5.97 Å².